The van der Waals surface area contributed by atoms with Crippen molar-refractivity contribution in [3.63, 3.8) is 0 Å². The number of carbonyl (C=O) groups is 1. The lowest BCUT2D eigenvalue weighted by atomic mass is 10.2. The normalized spacial score (nSPS) is 16.3. The number of nitrogens with zero attached hydrogens (tertiary/aromatic N) is 1. The number of fused-ring (bicyclic) bond motifs is 1. The topological polar surface area (TPSA) is 99.7 Å². The Morgan fingerprint density at radius 2 is 1.96 bits per heavy atom. The van der Waals surface area contributed by atoms with Gasteiger partial charge in [0.1, 0.15) is 12.4 Å². The van der Waals surface area contributed by atoms with Crippen molar-refractivity contribution < 1.29 is 13.2 Å². The first-order chi connectivity index (χ1) is 10.5. The molecule has 9 heteroatoms. The van der Waals surface area contributed by atoms with Crippen molar-refractivity contribution in [2.45, 2.75) is 18.2 Å². The third kappa shape index (κ3) is 5.19. The lowest BCUT2D eigenvalue weighted by Crippen LogP contribution is -2.34. The molecule has 0 unspecified atom stereocenters. The molecule has 0 radical (unpaired) electrons. The molecule has 0 saturated carbocycles. The maximum Gasteiger partial charge on any atom is 0.263 e. The first-order valence-electron chi connectivity index (χ1n) is 7.18. The Bertz CT molecular complexity index is 676. The molecule has 0 bridgehead atoms. The van der Waals surface area contributed by atoms with Crippen LogP contribution < -0.4 is 15.4 Å². The molecule has 1 amide bonds. The van der Waals surface area contributed by atoms with Crippen LogP contribution in [-0.4, -0.2) is 46.3 Å². The Labute approximate surface area is 142 Å². The van der Waals surface area contributed by atoms with Crippen LogP contribution in [0.4, 0.5) is 0 Å². The Balaban J connectivity index is 0.00000264. The predicted molar refractivity (Wildman–Crippen MR) is 91.6 cm³/mol. The molecule has 0 atom stereocenters. The van der Waals surface area contributed by atoms with Gasteiger partial charge in [0.25, 0.3) is 10.0 Å². The van der Waals surface area contributed by atoms with Gasteiger partial charge in [0, 0.05) is 18.7 Å². The Morgan fingerprint density at radius 1 is 1.22 bits per heavy atom. The van der Waals surface area contributed by atoms with Crippen molar-refractivity contribution in [1.29, 1.82) is 0 Å². The molecule has 0 aromatic heterocycles. The van der Waals surface area contributed by atoms with E-state index < -0.39 is 10.0 Å². The van der Waals surface area contributed by atoms with Gasteiger partial charge in [-0.25, -0.2) is 8.42 Å². The second-order valence-corrected chi connectivity index (χ2v) is 6.52. The van der Waals surface area contributed by atoms with Crippen LogP contribution in [0.15, 0.2) is 34.2 Å². The number of aliphatic imine (C=N–C) groups is 1. The third-order valence-electron chi connectivity index (χ3n) is 3.09. The van der Waals surface area contributed by atoms with Crippen LogP contribution in [0.25, 0.3) is 0 Å². The van der Waals surface area contributed by atoms with E-state index >= 15 is 0 Å². The molecular weight excluding hydrogens is 340 g/mol. The summed E-state index contributed by atoms with van der Waals surface area (Å²) in [4.78, 5) is 15.9. The highest BCUT2D eigenvalue weighted by Gasteiger charge is 2.30. The van der Waals surface area contributed by atoms with E-state index in [9.17, 15) is 13.2 Å². The molecule has 23 heavy (non-hydrogen) atoms. The molecule has 2 rings (SSSR count). The maximum atomic E-state index is 11.9. The second kappa shape index (κ2) is 8.85. The molecule has 0 aliphatic carbocycles. The van der Waals surface area contributed by atoms with Gasteiger partial charge < -0.3 is 10.6 Å². The SMILES string of the molecule is CCCNCCNC(=O)CN=C1NS(=O)(=O)c2ccccc21.Cl. The molecular formula is C14H21ClN4O3S. The van der Waals surface area contributed by atoms with Crippen LogP contribution in [0.5, 0.6) is 0 Å². The van der Waals surface area contributed by atoms with Crippen LogP contribution in [0, 0.1) is 0 Å². The zero-order chi connectivity index (χ0) is 16.0. The smallest absolute Gasteiger partial charge is 0.263 e. The van der Waals surface area contributed by atoms with Crippen LogP contribution in [0.3, 0.4) is 0 Å². The molecule has 1 aliphatic heterocycles. The fourth-order valence-corrected chi connectivity index (χ4v) is 3.30. The van der Waals surface area contributed by atoms with Crippen molar-refractivity contribution in [3.05, 3.63) is 29.8 Å². The highest BCUT2D eigenvalue weighted by atomic mass is 35.5. The van der Waals surface area contributed by atoms with E-state index in [1.165, 1.54) is 6.07 Å². The van der Waals surface area contributed by atoms with E-state index in [-0.39, 0.29) is 35.6 Å². The van der Waals surface area contributed by atoms with Crippen LogP contribution in [-0.2, 0) is 14.8 Å². The zero-order valence-corrected chi connectivity index (χ0v) is 14.5. The molecule has 1 aliphatic rings. The fourth-order valence-electron chi connectivity index (χ4n) is 2.05. The summed E-state index contributed by atoms with van der Waals surface area (Å²) >= 11 is 0. The molecule has 3 N–H and O–H groups in total. The molecule has 0 fully saturated rings. The van der Waals surface area contributed by atoms with Gasteiger partial charge in [0.15, 0.2) is 0 Å². The zero-order valence-electron chi connectivity index (χ0n) is 12.8. The average molecular weight is 361 g/mol. The molecule has 1 aromatic rings. The maximum absolute atomic E-state index is 11.9. The lowest BCUT2D eigenvalue weighted by molar-refractivity contribution is -0.119. The largest absolute Gasteiger partial charge is 0.353 e. The molecule has 1 aromatic carbocycles. The van der Waals surface area contributed by atoms with Gasteiger partial charge >= 0.3 is 0 Å². The van der Waals surface area contributed by atoms with Crippen molar-refractivity contribution in [2.75, 3.05) is 26.2 Å². The fraction of sp³-hybridized carbons (Fsp3) is 0.429. The Hall–Kier alpha value is -1.64. The summed E-state index contributed by atoms with van der Waals surface area (Å²) < 4.78 is 26.1. The summed E-state index contributed by atoms with van der Waals surface area (Å²) in [6.45, 7) is 4.09. The van der Waals surface area contributed by atoms with Gasteiger partial charge in [-0.15, -0.1) is 12.4 Å². The summed E-state index contributed by atoms with van der Waals surface area (Å²) in [5.74, 6) is -0.0239. The molecule has 0 spiro atoms. The van der Waals surface area contributed by atoms with E-state index in [4.69, 9.17) is 0 Å². The van der Waals surface area contributed by atoms with Crippen LogP contribution in [0.1, 0.15) is 18.9 Å². The number of nitrogens with one attached hydrogen (secondary N) is 3. The number of hydrogen-bond acceptors (Lipinski definition) is 5. The summed E-state index contributed by atoms with van der Waals surface area (Å²) in [5.41, 5.74) is 0.500. The lowest BCUT2D eigenvalue weighted by Gasteiger charge is -2.05. The minimum Gasteiger partial charge on any atom is -0.353 e. The van der Waals surface area contributed by atoms with Gasteiger partial charge in [-0.2, -0.15) is 0 Å². The predicted octanol–water partition coefficient (Wildman–Crippen LogP) is 0.263. The number of halogens is 1. The number of sulfonamides is 1. The first kappa shape index (κ1) is 19.4. The quantitative estimate of drug-likeness (QED) is 0.607. The van der Waals surface area contributed by atoms with E-state index in [0.717, 1.165) is 13.0 Å². The summed E-state index contributed by atoms with van der Waals surface area (Å²) in [6.07, 6.45) is 1.04. The van der Waals surface area contributed by atoms with Crippen molar-refractivity contribution in [3.8, 4) is 0 Å². The summed E-state index contributed by atoms with van der Waals surface area (Å²) in [6, 6.07) is 6.56. The highest BCUT2D eigenvalue weighted by molar-refractivity contribution is 7.90. The van der Waals surface area contributed by atoms with Crippen LogP contribution in [0.2, 0.25) is 0 Å². The summed E-state index contributed by atoms with van der Waals surface area (Å²) in [5, 5.41) is 5.89. The Morgan fingerprint density at radius 3 is 2.70 bits per heavy atom. The van der Waals surface area contributed by atoms with Crippen molar-refractivity contribution in [1.82, 2.24) is 15.4 Å². The molecule has 7 nitrogen and oxygen atoms in total. The Kier molecular flexibility index (Phi) is 7.47. The minimum absolute atomic E-state index is 0. The van der Waals surface area contributed by atoms with Crippen molar-refractivity contribution in [2.24, 2.45) is 4.99 Å². The average Bonchev–Trinajstić information content (AvgIpc) is 2.77. The minimum atomic E-state index is -3.55. The van der Waals surface area contributed by atoms with Gasteiger partial charge in [-0.05, 0) is 25.1 Å². The summed E-state index contributed by atoms with van der Waals surface area (Å²) in [7, 11) is -3.55. The van der Waals surface area contributed by atoms with Gasteiger partial charge in [-0.3, -0.25) is 14.5 Å². The van der Waals surface area contributed by atoms with E-state index in [1.807, 2.05) is 0 Å². The van der Waals surface area contributed by atoms with Crippen LogP contribution >= 0.6 is 12.4 Å². The van der Waals surface area contributed by atoms with E-state index in [2.05, 4.69) is 27.3 Å². The molecule has 1 heterocycles. The number of benzene rings is 1. The van der Waals surface area contributed by atoms with E-state index in [1.54, 1.807) is 18.2 Å². The second-order valence-electron chi connectivity index (χ2n) is 4.87. The third-order valence-corrected chi connectivity index (χ3v) is 4.49. The monoisotopic (exact) mass is 360 g/mol. The number of hydrogen-bond donors (Lipinski definition) is 3. The number of amidine groups is 1. The number of carbonyl (C=O) groups excluding carboxylic acids is 1. The van der Waals surface area contributed by atoms with Gasteiger partial charge in [-0.1, -0.05) is 19.1 Å². The van der Waals surface area contributed by atoms with E-state index in [0.29, 0.717) is 18.7 Å². The first-order valence-corrected chi connectivity index (χ1v) is 8.67. The van der Waals surface area contributed by atoms with Gasteiger partial charge in [0.05, 0.1) is 4.90 Å². The number of amides is 1. The van der Waals surface area contributed by atoms with Crippen molar-refractivity contribution >= 4 is 34.2 Å². The highest BCUT2D eigenvalue weighted by Crippen LogP contribution is 2.21. The molecule has 0 saturated heterocycles. The van der Waals surface area contributed by atoms with Gasteiger partial charge in [0.2, 0.25) is 5.91 Å². The number of rotatable bonds is 7. The standard InChI is InChI=1S/C14H20N4O3S.ClH/c1-2-7-15-8-9-16-13(19)10-17-14-11-5-3-4-6-12(11)22(20,21)18-14;/h3-6,15H,2,7-10H2,1H3,(H,16,19)(H,17,18);1H. The molecule has 128 valence electrons.